The molecule has 0 saturated heterocycles. The minimum atomic E-state index is 1.09. The Balaban J connectivity index is 2.39. The third kappa shape index (κ3) is 2.09. The Hall–Kier alpha value is -2.15. The number of hydrogen-bond acceptors (Lipinski definition) is 1. The molecule has 0 aliphatic heterocycles. The molecule has 1 heteroatoms. The van der Waals surface area contributed by atoms with Crippen molar-refractivity contribution in [1.82, 2.24) is 4.98 Å². The summed E-state index contributed by atoms with van der Waals surface area (Å²) in [4.78, 5) is 4.72. The fraction of sp³-hybridized carbons (Fsp3) is 0.211. The maximum Gasteiger partial charge on any atom is 0.0783 e. The molecule has 3 rings (SSSR count). The lowest BCUT2D eigenvalue weighted by Gasteiger charge is -2.12. The van der Waals surface area contributed by atoms with Crippen LogP contribution in [0.1, 0.15) is 22.3 Å². The molecule has 100 valence electrons. The zero-order chi connectivity index (χ0) is 14.3. The van der Waals surface area contributed by atoms with Crippen LogP contribution in [0.3, 0.4) is 0 Å². The topological polar surface area (TPSA) is 12.9 Å². The fourth-order valence-corrected chi connectivity index (χ4v) is 2.70. The summed E-state index contributed by atoms with van der Waals surface area (Å²) < 4.78 is 0. The normalized spacial score (nSPS) is 11.0. The van der Waals surface area contributed by atoms with Crippen molar-refractivity contribution in [2.75, 3.05) is 0 Å². The molecule has 3 aromatic rings. The minimum absolute atomic E-state index is 1.09. The molecular formula is C19H19N. The maximum atomic E-state index is 4.72. The van der Waals surface area contributed by atoms with E-state index in [1.54, 1.807) is 0 Å². The van der Waals surface area contributed by atoms with E-state index in [1.807, 2.05) is 6.20 Å². The first-order chi connectivity index (χ1) is 9.56. The van der Waals surface area contributed by atoms with Gasteiger partial charge in [0, 0.05) is 17.1 Å². The zero-order valence-corrected chi connectivity index (χ0v) is 12.5. The van der Waals surface area contributed by atoms with Crippen molar-refractivity contribution >= 4 is 10.8 Å². The highest BCUT2D eigenvalue weighted by Crippen LogP contribution is 2.31. The van der Waals surface area contributed by atoms with Gasteiger partial charge in [-0.25, -0.2) is 0 Å². The summed E-state index contributed by atoms with van der Waals surface area (Å²) in [5.41, 5.74) is 7.38. The minimum Gasteiger partial charge on any atom is -0.255 e. The van der Waals surface area contributed by atoms with Crippen molar-refractivity contribution in [2.24, 2.45) is 0 Å². The first kappa shape index (κ1) is 12.9. The van der Waals surface area contributed by atoms with Gasteiger partial charge in [0.1, 0.15) is 0 Å². The Bertz CT molecular complexity index is 800. The number of aromatic nitrogens is 1. The second-order valence-corrected chi connectivity index (χ2v) is 5.66. The number of nitrogens with zero attached hydrogens (tertiary/aromatic N) is 1. The zero-order valence-electron chi connectivity index (χ0n) is 12.5. The van der Waals surface area contributed by atoms with Gasteiger partial charge in [0.05, 0.1) is 5.69 Å². The van der Waals surface area contributed by atoms with Gasteiger partial charge in [-0.15, -0.1) is 0 Å². The number of pyridine rings is 1. The third-order valence-electron chi connectivity index (χ3n) is 3.89. The van der Waals surface area contributed by atoms with E-state index < -0.39 is 0 Å². The molecule has 1 aromatic heterocycles. The van der Waals surface area contributed by atoms with Crippen LogP contribution in [0, 0.1) is 27.7 Å². The van der Waals surface area contributed by atoms with Crippen molar-refractivity contribution in [2.45, 2.75) is 27.7 Å². The monoisotopic (exact) mass is 261 g/mol. The van der Waals surface area contributed by atoms with Gasteiger partial charge >= 0.3 is 0 Å². The summed E-state index contributed by atoms with van der Waals surface area (Å²) in [6.45, 7) is 8.54. The maximum absolute atomic E-state index is 4.72. The van der Waals surface area contributed by atoms with Crippen LogP contribution in [0.25, 0.3) is 22.0 Å². The van der Waals surface area contributed by atoms with Crippen LogP contribution in [0.15, 0.2) is 42.6 Å². The highest BCUT2D eigenvalue weighted by atomic mass is 14.7. The van der Waals surface area contributed by atoms with Crippen LogP contribution in [-0.4, -0.2) is 4.98 Å². The van der Waals surface area contributed by atoms with E-state index in [9.17, 15) is 0 Å². The Kier molecular flexibility index (Phi) is 3.06. The second-order valence-electron chi connectivity index (χ2n) is 5.66. The van der Waals surface area contributed by atoms with Crippen LogP contribution in [0.2, 0.25) is 0 Å². The van der Waals surface area contributed by atoms with Crippen molar-refractivity contribution < 1.29 is 0 Å². The SMILES string of the molecule is Cc1ccc(C)c(-c2ncc(C)c3ccc(C)cc23)c1. The largest absolute Gasteiger partial charge is 0.255 e. The molecule has 0 radical (unpaired) electrons. The predicted octanol–water partition coefficient (Wildman–Crippen LogP) is 5.14. The first-order valence-corrected chi connectivity index (χ1v) is 7.00. The number of rotatable bonds is 1. The molecule has 0 amide bonds. The summed E-state index contributed by atoms with van der Waals surface area (Å²) in [7, 11) is 0. The van der Waals surface area contributed by atoms with E-state index >= 15 is 0 Å². The lowest BCUT2D eigenvalue weighted by atomic mass is 9.96. The molecule has 1 nitrogen and oxygen atoms in total. The predicted molar refractivity (Wildman–Crippen MR) is 86.1 cm³/mol. The molecule has 0 bridgehead atoms. The number of aryl methyl sites for hydroxylation is 4. The van der Waals surface area contributed by atoms with Gasteiger partial charge in [0.25, 0.3) is 0 Å². The molecule has 0 N–H and O–H groups in total. The van der Waals surface area contributed by atoms with Crippen LogP contribution >= 0.6 is 0 Å². The smallest absolute Gasteiger partial charge is 0.0783 e. The molecule has 0 aliphatic carbocycles. The van der Waals surface area contributed by atoms with E-state index in [1.165, 1.54) is 38.6 Å². The highest BCUT2D eigenvalue weighted by Gasteiger charge is 2.10. The molecule has 0 fully saturated rings. The fourth-order valence-electron chi connectivity index (χ4n) is 2.70. The van der Waals surface area contributed by atoms with Crippen molar-refractivity contribution in [3.63, 3.8) is 0 Å². The third-order valence-corrected chi connectivity index (χ3v) is 3.89. The Morgan fingerprint density at radius 2 is 1.40 bits per heavy atom. The average molecular weight is 261 g/mol. The Labute approximate surface area is 120 Å². The van der Waals surface area contributed by atoms with Crippen molar-refractivity contribution in [3.05, 3.63) is 64.8 Å². The standard InChI is InChI=1S/C19H19N/c1-12-5-7-14(3)17(9-12)19-18-10-13(2)6-8-16(18)15(4)11-20-19/h5-11H,1-4H3. The van der Waals surface area contributed by atoms with E-state index in [-0.39, 0.29) is 0 Å². The second kappa shape index (κ2) is 4.75. The molecular weight excluding hydrogens is 242 g/mol. The van der Waals surface area contributed by atoms with Gasteiger partial charge in [-0.1, -0.05) is 35.4 Å². The molecule has 0 unspecified atom stereocenters. The van der Waals surface area contributed by atoms with Crippen LogP contribution in [0.4, 0.5) is 0 Å². The van der Waals surface area contributed by atoms with Gasteiger partial charge in [-0.05, 0) is 56.3 Å². The molecule has 0 atom stereocenters. The van der Waals surface area contributed by atoms with E-state index in [4.69, 9.17) is 4.98 Å². The molecule has 0 aliphatic rings. The van der Waals surface area contributed by atoms with Crippen molar-refractivity contribution in [3.8, 4) is 11.3 Å². The molecule has 1 heterocycles. The summed E-state index contributed by atoms with van der Waals surface area (Å²) in [5.74, 6) is 0. The summed E-state index contributed by atoms with van der Waals surface area (Å²) >= 11 is 0. The lowest BCUT2D eigenvalue weighted by Crippen LogP contribution is -1.92. The first-order valence-electron chi connectivity index (χ1n) is 7.00. The molecule has 0 spiro atoms. The highest BCUT2D eigenvalue weighted by molar-refractivity contribution is 5.97. The van der Waals surface area contributed by atoms with E-state index in [0.717, 1.165) is 5.69 Å². The van der Waals surface area contributed by atoms with Gasteiger partial charge in [0.2, 0.25) is 0 Å². The van der Waals surface area contributed by atoms with E-state index in [0.29, 0.717) is 0 Å². The van der Waals surface area contributed by atoms with Gasteiger partial charge in [-0.2, -0.15) is 0 Å². The molecule has 0 saturated carbocycles. The van der Waals surface area contributed by atoms with Gasteiger partial charge in [-0.3, -0.25) is 4.98 Å². The summed E-state index contributed by atoms with van der Waals surface area (Å²) in [6, 6.07) is 13.2. The number of fused-ring (bicyclic) bond motifs is 1. The molecule has 2 aromatic carbocycles. The lowest BCUT2D eigenvalue weighted by molar-refractivity contribution is 1.28. The van der Waals surface area contributed by atoms with Gasteiger partial charge in [0.15, 0.2) is 0 Å². The number of benzene rings is 2. The van der Waals surface area contributed by atoms with Gasteiger partial charge < -0.3 is 0 Å². The van der Waals surface area contributed by atoms with Crippen LogP contribution in [0.5, 0.6) is 0 Å². The van der Waals surface area contributed by atoms with Crippen LogP contribution in [-0.2, 0) is 0 Å². The summed E-state index contributed by atoms with van der Waals surface area (Å²) in [6.07, 6.45) is 1.98. The Morgan fingerprint density at radius 3 is 2.20 bits per heavy atom. The summed E-state index contributed by atoms with van der Waals surface area (Å²) in [5, 5.41) is 2.54. The Morgan fingerprint density at radius 1 is 0.700 bits per heavy atom. The number of hydrogen-bond donors (Lipinski definition) is 0. The average Bonchev–Trinajstić information content (AvgIpc) is 2.42. The van der Waals surface area contributed by atoms with Crippen molar-refractivity contribution in [1.29, 1.82) is 0 Å². The molecule has 20 heavy (non-hydrogen) atoms. The van der Waals surface area contributed by atoms with E-state index in [2.05, 4.69) is 64.1 Å². The quantitative estimate of drug-likeness (QED) is 0.591. The van der Waals surface area contributed by atoms with Crippen LogP contribution < -0.4 is 0 Å².